The van der Waals surface area contributed by atoms with Gasteiger partial charge in [-0.05, 0) is 43.7 Å². The first kappa shape index (κ1) is 24.9. The maximum Gasteiger partial charge on any atom is 0.247 e. The number of ether oxygens (including phenoxy) is 1. The zero-order chi connectivity index (χ0) is 23.5. The van der Waals surface area contributed by atoms with Crippen molar-refractivity contribution in [3.8, 4) is 0 Å². The van der Waals surface area contributed by atoms with Crippen molar-refractivity contribution in [1.82, 2.24) is 15.2 Å². The Morgan fingerprint density at radius 3 is 2.41 bits per heavy atom. The van der Waals surface area contributed by atoms with E-state index in [0.29, 0.717) is 11.4 Å². The SMILES string of the molecule is COCCN(C(=O)CCC(=O)Nc1ccccn1)[C@@H](C(=O)NC(C)C)c1ccc(F)cc1. The molecule has 172 valence electrons. The summed E-state index contributed by atoms with van der Waals surface area (Å²) in [7, 11) is 1.49. The lowest BCUT2D eigenvalue weighted by atomic mass is 10.0. The summed E-state index contributed by atoms with van der Waals surface area (Å²) < 4.78 is 18.6. The molecule has 32 heavy (non-hydrogen) atoms. The van der Waals surface area contributed by atoms with E-state index in [-0.39, 0.29) is 37.9 Å². The van der Waals surface area contributed by atoms with E-state index in [0.717, 1.165) is 0 Å². The van der Waals surface area contributed by atoms with Crippen LogP contribution in [0.15, 0.2) is 48.7 Å². The van der Waals surface area contributed by atoms with E-state index in [1.54, 1.807) is 24.4 Å². The van der Waals surface area contributed by atoms with Gasteiger partial charge >= 0.3 is 0 Å². The summed E-state index contributed by atoms with van der Waals surface area (Å²) in [5.74, 6) is -1.21. The number of nitrogens with one attached hydrogen (secondary N) is 2. The van der Waals surface area contributed by atoms with Crippen LogP contribution in [-0.2, 0) is 19.1 Å². The van der Waals surface area contributed by atoms with Crippen LogP contribution in [0.25, 0.3) is 0 Å². The van der Waals surface area contributed by atoms with E-state index in [4.69, 9.17) is 4.74 Å². The molecule has 1 aromatic heterocycles. The van der Waals surface area contributed by atoms with Gasteiger partial charge in [-0.2, -0.15) is 0 Å². The van der Waals surface area contributed by atoms with Crippen molar-refractivity contribution in [3.05, 3.63) is 60.0 Å². The minimum absolute atomic E-state index is 0.0825. The Balaban J connectivity index is 2.19. The number of carbonyl (C=O) groups is 3. The second-order valence-corrected chi connectivity index (χ2v) is 7.46. The number of hydrogen-bond acceptors (Lipinski definition) is 5. The molecule has 9 heteroatoms. The molecule has 0 aliphatic rings. The van der Waals surface area contributed by atoms with Gasteiger partial charge in [-0.3, -0.25) is 14.4 Å². The van der Waals surface area contributed by atoms with Crippen LogP contribution in [0.4, 0.5) is 10.2 Å². The van der Waals surface area contributed by atoms with Gasteiger partial charge in [-0.25, -0.2) is 9.37 Å². The number of methoxy groups -OCH3 is 1. The molecule has 1 aromatic carbocycles. The number of aromatic nitrogens is 1. The molecule has 0 saturated heterocycles. The van der Waals surface area contributed by atoms with E-state index in [1.165, 1.54) is 36.3 Å². The number of carbonyl (C=O) groups excluding carboxylic acids is 3. The molecule has 0 aliphatic heterocycles. The first-order valence-corrected chi connectivity index (χ1v) is 10.4. The fraction of sp³-hybridized carbons (Fsp3) is 0.391. The van der Waals surface area contributed by atoms with Gasteiger partial charge in [0.2, 0.25) is 17.7 Å². The third kappa shape index (κ3) is 7.73. The standard InChI is InChI=1S/C23H29FN4O4/c1-16(2)26-23(31)22(17-7-9-18(24)10-8-17)28(14-15-32-3)21(30)12-11-20(29)27-19-6-4-5-13-25-19/h4-10,13,16,22H,11-12,14-15H2,1-3H3,(H,26,31)(H,25,27,29)/t22-/m1/s1. The highest BCUT2D eigenvalue weighted by molar-refractivity contribution is 5.94. The lowest BCUT2D eigenvalue weighted by Gasteiger charge is -2.32. The van der Waals surface area contributed by atoms with Crippen LogP contribution in [0.1, 0.15) is 38.3 Å². The quantitative estimate of drug-likeness (QED) is 0.555. The Morgan fingerprint density at radius 1 is 1.09 bits per heavy atom. The molecule has 2 N–H and O–H groups in total. The van der Waals surface area contributed by atoms with Crippen LogP contribution in [0, 0.1) is 5.82 Å². The molecule has 0 unspecified atom stereocenters. The summed E-state index contributed by atoms with van der Waals surface area (Å²) in [4.78, 5) is 43.7. The van der Waals surface area contributed by atoms with Gasteiger partial charge in [0.05, 0.1) is 6.61 Å². The Hall–Kier alpha value is -3.33. The Bertz CT molecular complexity index is 891. The molecule has 8 nitrogen and oxygen atoms in total. The normalized spacial score (nSPS) is 11.7. The van der Waals surface area contributed by atoms with Crippen LogP contribution in [0.5, 0.6) is 0 Å². The number of amides is 3. The molecule has 2 rings (SSSR count). The van der Waals surface area contributed by atoms with Crippen molar-refractivity contribution >= 4 is 23.5 Å². The van der Waals surface area contributed by atoms with Crippen molar-refractivity contribution < 1.29 is 23.5 Å². The van der Waals surface area contributed by atoms with Gasteiger partial charge in [0.25, 0.3) is 0 Å². The van der Waals surface area contributed by atoms with Crippen molar-refractivity contribution in [3.63, 3.8) is 0 Å². The number of rotatable bonds is 11. The minimum atomic E-state index is -0.987. The number of anilines is 1. The highest BCUT2D eigenvalue weighted by Crippen LogP contribution is 2.23. The van der Waals surface area contributed by atoms with E-state index in [2.05, 4.69) is 15.6 Å². The number of benzene rings is 1. The molecule has 0 saturated carbocycles. The van der Waals surface area contributed by atoms with Gasteiger partial charge in [-0.1, -0.05) is 18.2 Å². The van der Waals surface area contributed by atoms with Crippen LogP contribution >= 0.6 is 0 Å². The van der Waals surface area contributed by atoms with Crippen molar-refractivity contribution in [2.24, 2.45) is 0 Å². The molecule has 3 amide bonds. The Kier molecular flexibility index (Phi) is 9.75. The molecule has 0 fully saturated rings. The first-order valence-electron chi connectivity index (χ1n) is 10.4. The molecule has 2 aromatic rings. The second-order valence-electron chi connectivity index (χ2n) is 7.46. The molecular formula is C23H29FN4O4. The second kappa shape index (κ2) is 12.5. The number of pyridine rings is 1. The highest BCUT2D eigenvalue weighted by Gasteiger charge is 2.31. The average molecular weight is 445 g/mol. The maximum atomic E-state index is 13.5. The lowest BCUT2D eigenvalue weighted by Crippen LogP contribution is -2.46. The van der Waals surface area contributed by atoms with Gasteiger partial charge in [0.15, 0.2) is 0 Å². The Labute approximate surface area is 187 Å². The van der Waals surface area contributed by atoms with Gasteiger partial charge in [0.1, 0.15) is 17.7 Å². The van der Waals surface area contributed by atoms with Crippen molar-refractivity contribution in [1.29, 1.82) is 0 Å². The molecular weight excluding hydrogens is 415 g/mol. The summed E-state index contributed by atoms with van der Waals surface area (Å²) >= 11 is 0. The topological polar surface area (TPSA) is 101 Å². The zero-order valence-corrected chi connectivity index (χ0v) is 18.5. The van der Waals surface area contributed by atoms with Crippen LogP contribution < -0.4 is 10.6 Å². The number of halogens is 1. The maximum absolute atomic E-state index is 13.5. The summed E-state index contributed by atoms with van der Waals surface area (Å²) in [6.45, 7) is 3.94. The largest absolute Gasteiger partial charge is 0.383 e. The fourth-order valence-corrected chi connectivity index (χ4v) is 3.07. The monoisotopic (exact) mass is 444 g/mol. The van der Waals surface area contributed by atoms with Crippen molar-refractivity contribution in [2.45, 2.75) is 38.8 Å². The van der Waals surface area contributed by atoms with E-state index < -0.39 is 23.7 Å². The summed E-state index contributed by atoms with van der Waals surface area (Å²) in [6.07, 6.45) is 1.35. The average Bonchev–Trinajstić information content (AvgIpc) is 2.76. The first-order chi connectivity index (χ1) is 15.3. The van der Waals surface area contributed by atoms with Crippen LogP contribution in [-0.4, -0.2) is 53.9 Å². The molecule has 0 bridgehead atoms. The summed E-state index contributed by atoms with van der Waals surface area (Å²) in [6, 6.07) is 9.39. The number of nitrogens with zero attached hydrogens (tertiary/aromatic N) is 2. The highest BCUT2D eigenvalue weighted by atomic mass is 19.1. The van der Waals surface area contributed by atoms with Gasteiger partial charge < -0.3 is 20.3 Å². The van der Waals surface area contributed by atoms with Gasteiger partial charge in [-0.15, -0.1) is 0 Å². The van der Waals surface area contributed by atoms with Crippen LogP contribution in [0.2, 0.25) is 0 Å². The predicted molar refractivity (Wildman–Crippen MR) is 118 cm³/mol. The van der Waals surface area contributed by atoms with E-state index in [1.807, 2.05) is 13.8 Å². The third-order valence-corrected chi connectivity index (χ3v) is 4.53. The Morgan fingerprint density at radius 2 is 1.81 bits per heavy atom. The minimum Gasteiger partial charge on any atom is -0.383 e. The van der Waals surface area contributed by atoms with Crippen LogP contribution in [0.3, 0.4) is 0 Å². The number of hydrogen-bond donors (Lipinski definition) is 2. The molecule has 0 spiro atoms. The molecule has 0 radical (unpaired) electrons. The molecule has 1 heterocycles. The smallest absolute Gasteiger partial charge is 0.247 e. The molecule has 0 aliphatic carbocycles. The lowest BCUT2D eigenvalue weighted by molar-refractivity contribution is -0.142. The van der Waals surface area contributed by atoms with Crippen molar-refractivity contribution in [2.75, 3.05) is 25.6 Å². The predicted octanol–water partition coefficient (Wildman–Crippen LogP) is 2.68. The molecule has 1 atom stereocenters. The third-order valence-electron chi connectivity index (χ3n) is 4.53. The van der Waals surface area contributed by atoms with E-state index in [9.17, 15) is 18.8 Å². The summed E-state index contributed by atoms with van der Waals surface area (Å²) in [5, 5.41) is 5.44. The summed E-state index contributed by atoms with van der Waals surface area (Å²) in [5.41, 5.74) is 0.465. The van der Waals surface area contributed by atoms with E-state index >= 15 is 0 Å². The zero-order valence-electron chi connectivity index (χ0n) is 18.5. The fourth-order valence-electron chi connectivity index (χ4n) is 3.07. The van der Waals surface area contributed by atoms with Gasteiger partial charge in [0, 0.05) is 38.7 Å².